The molecule has 6 heteroatoms. The van der Waals surface area contributed by atoms with Gasteiger partial charge in [-0.25, -0.2) is 9.97 Å². The lowest BCUT2D eigenvalue weighted by molar-refractivity contribution is 0.0945. The predicted molar refractivity (Wildman–Crippen MR) is 104 cm³/mol. The predicted octanol–water partition coefficient (Wildman–Crippen LogP) is 4.11. The molecule has 0 aliphatic heterocycles. The van der Waals surface area contributed by atoms with Crippen LogP contribution in [0, 0.1) is 0 Å². The van der Waals surface area contributed by atoms with Crippen molar-refractivity contribution in [2.75, 3.05) is 0 Å². The quantitative estimate of drug-likeness (QED) is 0.581. The average molecular weight is 362 g/mol. The first kappa shape index (κ1) is 16.5. The van der Waals surface area contributed by atoms with Crippen molar-refractivity contribution in [3.63, 3.8) is 0 Å². The number of nitrogens with zero attached hydrogens (tertiary/aromatic N) is 3. The molecular weight excluding hydrogens is 344 g/mol. The van der Waals surface area contributed by atoms with Crippen LogP contribution in [0.15, 0.2) is 60.0 Å². The number of carbonyl (C=O) groups excluding carboxylic acids is 1. The third kappa shape index (κ3) is 3.11. The van der Waals surface area contributed by atoms with Crippen molar-refractivity contribution >= 4 is 28.3 Å². The normalized spacial score (nSPS) is 11.0. The number of carbonyl (C=O) groups is 1. The van der Waals surface area contributed by atoms with Crippen molar-refractivity contribution in [1.82, 2.24) is 19.9 Å². The van der Waals surface area contributed by atoms with Crippen molar-refractivity contribution in [1.29, 1.82) is 0 Å². The summed E-state index contributed by atoms with van der Waals surface area (Å²) in [4.78, 5) is 21.6. The highest BCUT2D eigenvalue weighted by molar-refractivity contribution is 7.13. The van der Waals surface area contributed by atoms with Gasteiger partial charge in [0, 0.05) is 17.5 Å². The molecule has 2 aromatic carbocycles. The number of imidazole rings is 1. The number of thiazole rings is 1. The fourth-order valence-electron chi connectivity index (χ4n) is 2.95. The molecule has 0 spiro atoms. The fourth-order valence-corrected chi connectivity index (χ4v) is 3.76. The second-order valence-corrected chi connectivity index (χ2v) is 6.71. The number of para-hydroxylation sites is 2. The van der Waals surface area contributed by atoms with Gasteiger partial charge in [-0.3, -0.25) is 4.79 Å². The maximum absolute atomic E-state index is 12.5. The Morgan fingerprint density at radius 1 is 1.08 bits per heavy atom. The Morgan fingerprint density at radius 3 is 2.65 bits per heavy atom. The Balaban J connectivity index is 1.50. The molecule has 5 nitrogen and oxygen atoms in total. The van der Waals surface area contributed by atoms with E-state index < -0.39 is 0 Å². The highest BCUT2D eigenvalue weighted by atomic mass is 32.1. The molecule has 26 heavy (non-hydrogen) atoms. The van der Waals surface area contributed by atoms with Crippen LogP contribution in [0.4, 0.5) is 0 Å². The van der Waals surface area contributed by atoms with Crippen LogP contribution in [0.5, 0.6) is 0 Å². The lowest BCUT2D eigenvalue weighted by Gasteiger charge is -2.06. The molecule has 4 rings (SSSR count). The molecule has 0 atom stereocenters. The van der Waals surface area contributed by atoms with Gasteiger partial charge in [-0.05, 0) is 19.1 Å². The number of fused-ring (bicyclic) bond motifs is 1. The second kappa shape index (κ2) is 7.09. The van der Waals surface area contributed by atoms with E-state index >= 15 is 0 Å². The molecule has 0 bridgehead atoms. The molecule has 0 radical (unpaired) electrons. The first-order valence-electron chi connectivity index (χ1n) is 8.49. The van der Waals surface area contributed by atoms with Crippen LogP contribution >= 0.6 is 11.3 Å². The molecular formula is C20H18N4OS. The molecule has 4 aromatic rings. The standard InChI is InChI=1S/C20H18N4OS/c1-2-24-17-11-7-6-10-15(17)22-18(24)12-21-19(25)16-13-26-20(23-16)14-8-4-3-5-9-14/h3-11,13H,2,12H2,1H3,(H,21,25). The Bertz CT molecular complexity index is 1050. The van der Waals surface area contributed by atoms with Gasteiger partial charge in [0.15, 0.2) is 0 Å². The molecule has 2 heterocycles. The van der Waals surface area contributed by atoms with E-state index in [2.05, 4.69) is 26.8 Å². The number of aryl methyl sites for hydroxylation is 1. The van der Waals surface area contributed by atoms with Crippen LogP contribution < -0.4 is 5.32 Å². The fraction of sp³-hybridized carbons (Fsp3) is 0.150. The Hall–Kier alpha value is -2.99. The van der Waals surface area contributed by atoms with E-state index in [1.54, 1.807) is 5.38 Å². The number of hydrogen-bond donors (Lipinski definition) is 1. The largest absolute Gasteiger partial charge is 0.343 e. The van der Waals surface area contributed by atoms with E-state index in [0.717, 1.165) is 34.0 Å². The van der Waals surface area contributed by atoms with Gasteiger partial charge in [-0.1, -0.05) is 42.5 Å². The summed E-state index contributed by atoms with van der Waals surface area (Å²) in [5, 5.41) is 5.57. The van der Waals surface area contributed by atoms with Crippen molar-refractivity contribution in [2.45, 2.75) is 20.0 Å². The lowest BCUT2D eigenvalue weighted by Crippen LogP contribution is -2.25. The van der Waals surface area contributed by atoms with E-state index in [1.807, 2.05) is 54.6 Å². The summed E-state index contributed by atoms with van der Waals surface area (Å²) in [6.45, 7) is 3.26. The first-order chi connectivity index (χ1) is 12.8. The SMILES string of the molecule is CCn1c(CNC(=O)c2csc(-c3ccccc3)n2)nc2ccccc21. The van der Waals surface area contributed by atoms with Crippen LogP contribution in [0.3, 0.4) is 0 Å². The van der Waals surface area contributed by atoms with Crippen molar-refractivity contribution in [3.8, 4) is 10.6 Å². The maximum atomic E-state index is 12.5. The molecule has 0 saturated carbocycles. The Kier molecular flexibility index (Phi) is 4.50. The van der Waals surface area contributed by atoms with Gasteiger partial charge in [-0.15, -0.1) is 11.3 Å². The average Bonchev–Trinajstić information content (AvgIpc) is 3.31. The van der Waals surface area contributed by atoms with Crippen LogP contribution in [-0.4, -0.2) is 20.4 Å². The van der Waals surface area contributed by atoms with Crippen molar-refractivity contribution < 1.29 is 4.79 Å². The number of hydrogen-bond acceptors (Lipinski definition) is 4. The number of amides is 1. The van der Waals surface area contributed by atoms with Gasteiger partial charge < -0.3 is 9.88 Å². The van der Waals surface area contributed by atoms with Gasteiger partial charge in [-0.2, -0.15) is 0 Å². The zero-order valence-corrected chi connectivity index (χ0v) is 15.2. The number of aromatic nitrogens is 3. The minimum atomic E-state index is -0.182. The smallest absolute Gasteiger partial charge is 0.271 e. The summed E-state index contributed by atoms with van der Waals surface area (Å²) in [6.07, 6.45) is 0. The van der Waals surface area contributed by atoms with E-state index in [4.69, 9.17) is 0 Å². The summed E-state index contributed by atoms with van der Waals surface area (Å²) >= 11 is 1.47. The van der Waals surface area contributed by atoms with Gasteiger partial charge in [0.05, 0.1) is 17.6 Å². The monoisotopic (exact) mass is 362 g/mol. The van der Waals surface area contributed by atoms with Gasteiger partial charge in [0.1, 0.15) is 16.5 Å². The van der Waals surface area contributed by atoms with Gasteiger partial charge >= 0.3 is 0 Å². The number of nitrogens with one attached hydrogen (secondary N) is 1. The van der Waals surface area contributed by atoms with Crippen LogP contribution in [-0.2, 0) is 13.1 Å². The number of rotatable bonds is 5. The molecule has 1 N–H and O–H groups in total. The minimum absolute atomic E-state index is 0.182. The lowest BCUT2D eigenvalue weighted by atomic mass is 10.2. The van der Waals surface area contributed by atoms with E-state index in [0.29, 0.717) is 12.2 Å². The highest BCUT2D eigenvalue weighted by Crippen LogP contribution is 2.23. The summed E-state index contributed by atoms with van der Waals surface area (Å²) in [6, 6.07) is 17.9. The topological polar surface area (TPSA) is 59.8 Å². The highest BCUT2D eigenvalue weighted by Gasteiger charge is 2.14. The Morgan fingerprint density at radius 2 is 1.85 bits per heavy atom. The zero-order chi connectivity index (χ0) is 17.9. The van der Waals surface area contributed by atoms with Gasteiger partial charge in [0.25, 0.3) is 5.91 Å². The van der Waals surface area contributed by atoms with Crippen molar-refractivity contribution in [3.05, 3.63) is 71.5 Å². The first-order valence-corrected chi connectivity index (χ1v) is 9.37. The van der Waals surface area contributed by atoms with Crippen LogP contribution in [0.2, 0.25) is 0 Å². The molecule has 130 valence electrons. The van der Waals surface area contributed by atoms with E-state index in [1.165, 1.54) is 11.3 Å². The molecule has 0 aliphatic carbocycles. The van der Waals surface area contributed by atoms with Crippen molar-refractivity contribution in [2.24, 2.45) is 0 Å². The molecule has 0 unspecified atom stereocenters. The third-order valence-corrected chi connectivity index (χ3v) is 5.11. The number of benzene rings is 2. The summed E-state index contributed by atoms with van der Waals surface area (Å²) < 4.78 is 2.12. The molecule has 2 aromatic heterocycles. The molecule has 0 saturated heterocycles. The summed E-state index contributed by atoms with van der Waals surface area (Å²) in [5.74, 6) is 0.665. The summed E-state index contributed by atoms with van der Waals surface area (Å²) in [5.41, 5.74) is 3.48. The van der Waals surface area contributed by atoms with Crippen LogP contribution in [0.25, 0.3) is 21.6 Å². The minimum Gasteiger partial charge on any atom is -0.343 e. The van der Waals surface area contributed by atoms with E-state index in [-0.39, 0.29) is 5.91 Å². The Labute approximate surface area is 155 Å². The zero-order valence-electron chi connectivity index (χ0n) is 14.3. The van der Waals surface area contributed by atoms with Gasteiger partial charge in [0.2, 0.25) is 0 Å². The second-order valence-electron chi connectivity index (χ2n) is 5.85. The third-order valence-electron chi connectivity index (χ3n) is 4.21. The summed E-state index contributed by atoms with van der Waals surface area (Å²) in [7, 11) is 0. The maximum Gasteiger partial charge on any atom is 0.271 e. The van der Waals surface area contributed by atoms with Crippen LogP contribution in [0.1, 0.15) is 23.2 Å². The van der Waals surface area contributed by atoms with E-state index in [9.17, 15) is 4.79 Å². The molecule has 0 aliphatic rings. The molecule has 1 amide bonds. The molecule has 0 fully saturated rings.